The topological polar surface area (TPSA) is 80.7 Å². The molecule has 0 fully saturated rings. The summed E-state index contributed by atoms with van der Waals surface area (Å²) in [5, 5.41) is 8.94. The predicted octanol–water partition coefficient (Wildman–Crippen LogP) is 1.79. The third-order valence-corrected chi connectivity index (χ3v) is 4.82. The summed E-state index contributed by atoms with van der Waals surface area (Å²) in [5.74, 6) is -0.613. The van der Waals surface area contributed by atoms with Crippen LogP contribution in [0.2, 0.25) is 0 Å². The van der Waals surface area contributed by atoms with Crippen molar-refractivity contribution in [2.75, 3.05) is 11.5 Å². The number of thioether (sulfide) groups is 1. The van der Waals surface area contributed by atoms with Crippen LogP contribution in [0.1, 0.15) is 5.56 Å². The number of rotatable bonds is 4. The first-order chi connectivity index (χ1) is 8.90. The van der Waals surface area contributed by atoms with Gasteiger partial charge in [-0.15, -0.1) is 11.8 Å². The highest BCUT2D eigenvalue weighted by Crippen LogP contribution is 2.28. The van der Waals surface area contributed by atoms with Crippen molar-refractivity contribution in [2.45, 2.75) is 11.8 Å². The number of aryl methyl sites for hydroxylation is 1. The number of carbonyl (C=O) groups is 1. The van der Waals surface area contributed by atoms with Crippen molar-refractivity contribution in [3.8, 4) is 0 Å². The number of hydrogen-bond donors (Lipinski definition) is 1. The number of hydrogen-bond acceptors (Lipinski definition) is 5. The molecule has 1 heterocycles. The van der Waals surface area contributed by atoms with Gasteiger partial charge in [0.15, 0.2) is 0 Å². The van der Waals surface area contributed by atoms with E-state index in [1.54, 1.807) is 12.1 Å². The van der Waals surface area contributed by atoms with Gasteiger partial charge in [-0.1, -0.05) is 17.7 Å². The number of carboxylic acid groups (broad SMARTS) is 1. The fourth-order valence-corrected chi connectivity index (χ4v) is 3.63. The second-order valence-corrected chi connectivity index (χ2v) is 6.58. The van der Waals surface area contributed by atoms with Crippen LogP contribution in [0.5, 0.6) is 0 Å². The molecule has 1 aromatic carbocycles. The average Bonchev–Trinajstić information content (AvgIpc) is 2.77. The number of aliphatic carboxylic acids is 1. The van der Waals surface area contributed by atoms with Crippen molar-refractivity contribution in [3.63, 3.8) is 0 Å². The van der Waals surface area contributed by atoms with E-state index in [-0.39, 0.29) is 27.7 Å². The maximum Gasteiger partial charge on any atom is 0.338 e. The first-order valence-electron chi connectivity index (χ1n) is 5.44. The summed E-state index contributed by atoms with van der Waals surface area (Å²) in [6, 6.07) is 6.19. The molecule has 1 aliphatic rings. The van der Waals surface area contributed by atoms with Gasteiger partial charge < -0.3 is 9.29 Å². The Bertz CT molecular complexity index is 629. The van der Waals surface area contributed by atoms with Crippen LogP contribution in [0.4, 0.5) is 0 Å². The smallest absolute Gasteiger partial charge is 0.338 e. The molecule has 0 aromatic heterocycles. The molecule has 5 nitrogen and oxygen atoms in total. The van der Waals surface area contributed by atoms with E-state index in [1.807, 2.05) is 6.92 Å². The van der Waals surface area contributed by atoms with Gasteiger partial charge in [-0.2, -0.15) is 8.42 Å². The fraction of sp³-hybridized carbons (Fsp3) is 0.250. The standard InChI is InChI=1S/C12H12O5S2/c1-8-2-4-9(5-3-8)19(15,16)17-11-7-18-6-10(11)12(13)14/h2-5H,6-7H2,1H3,(H,13,14). The van der Waals surface area contributed by atoms with Gasteiger partial charge in [-0.05, 0) is 19.1 Å². The van der Waals surface area contributed by atoms with Crippen LogP contribution in [0, 0.1) is 6.92 Å². The summed E-state index contributed by atoms with van der Waals surface area (Å²) in [6.07, 6.45) is 0. The van der Waals surface area contributed by atoms with Crippen molar-refractivity contribution >= 4 is 27.8 Å². The van der Waals surface area contributed by atoms with Gasteiger partial charge in [0.05, 0.1) is 11.3 Å². The molecular formula is C12H12O5S2. The van der Waals surface area contributed by atoms with Gasteiger partial charge in [-0.3, -0.25) is 0 Å². The summed E-state index contributed by atoms with van der Waals surface area (Å²) in [6.45, 7) is 1.84. The molecule has 0 atom stereocenters. The fourth-order valence-electron chi connectivity index (χ4n) is 1.55. The lowest BCUT2D eigenvalue weighted by Crippen LogP contribution is -2.11. The summed E-state index contributed by atoms with van der Waals surface area (Å²) in [7, 11) is -3.96. The molecule has 0 unspecified atom stereocenters. The predicted molar refractivity (Wildman–Crippen MR) is 71.4 cm³/mol. The Hall–Kier alpha value is -1.47. The van der Waals surface area contributed by atoms with E-state index in [1.165, 1.54) is 23.9 Å². The normalized spacial score (nSPS) is 15.6. The molecular weight excluding hydrogens is 288 g/mol. The van der Waals surface area contributed by atoms with Crippen LogP contribution in [0.25, 0.3) is 0 Å². The Labute approximate surface area is 115 Å². The molecule has 2 rings (SSSR count). The van der Waals surface area contributed by atoms with Crippen LogP contribution in [0.3, 0.4) is 0 Å². The SMILES string of the molecule is Cc1ccc(S(=O)(=O)OC2=C(C(=O)O)CSC2)cc1. The Morgan fingerprint density at radius 3 is 2.47 bits per heavy atom. The second kappa shape index (κ2) is 5.26. The van der Waals surface area contributed by atoms with Crippen LogP contribution >= 0.6 is 11.8 Å². The summed E-state index contributed by atoms with van der Waals surface area (Å²) in [4.78, 5) is 11.0. The summed E-state index contributed by atoms with van der Waals surface area (Å²) in [5.41, 5.74) is 0.946. The first kappa shape index (κ1) is 14.0. The monoisotopic (exact) mass is 300 g/mol. The maximum atomic E-state index is 12.0. The van der Waals surface area contributed by atoms with Crippen molar-refractivity contribution in [1.29, 1.82) is 0 Å². The zero-order chi connectivity index (χ0) is 14.0. The summed E-state index contributed by atoms with van der Waals surface area (Å²) < 4.78 is 29.0. The first-order valence-corrected chi connectivity index (χ1v) is 8.00. The molecule has 1 aliphatic heterocycles. The molecule has 0 bridgehead atoms. The summed E-state index contributed by atoms with van der Waals surface area (Å²) >= 11 is 1.31. The maximum absolute atomic E-state index is 12.0. The zero-order valence-corrected chi connectivity index (χ0v) is 11.8. The van der Waals surface area contributed by atoms with Crippen molar-refractivity contribution in [3.05, 3.63) is 41.2 Å². The Morgan fingerprint density at radius 1 is 1.26 bits per heavy atom. The zero-order valence-electron chi connectivity index (χ0n) is 10.1. The van der Waals surface area contributed by atoms with Crippen molar-refractivity contribution < 1.29 is 22.5 Å². The molecule has 0 radical (unpaired) electrons. The molecule has 0 spiro atoms. The largest absolute Gasteiger partial charge is 0.478 e. The lowest BCUT2D eigenvalue weighted by molar-refractivity contribution is -0.132. The Balaban J connectivity index is 2.29. The second-order valence-electron chi connectivity index (χ2n) is 4.05. The molecule has 0 amide bonds. The number of benzene rings is 1. The van der Waals surface area contributed by atoms with Gasteiger partial charge in [-0.25, -0.2) is 4.79 Å². The third kappa shape index (κ3) is 3.10. The highest BCUT2D eigenvalue weighted by Gasteiger charge is 2.27. The Morgan fingerprint density at radius 2 is 1.89 bits per heavy atom. The Kier molecular flexibility index (Phi) is 3.86. The molecule has 1 N–H and O–H groups in total. The van der Waals surface area contributed by atoms with Gasteiger partial charge >= 0.3 is 16.1 Å². The van der Waals surface area contributed by atoms with Gasteiger partial charge in [0.1, 0.15) is 10.7 Å². The van der Waals surface area contributed by atoms with E-state index in [9.17, 15) is 13.2 Å². The lowest BCUT2D eigenvalue weighted by atomic mass is 10.2. The van der Waals surface area contributed by atoms with Crippen LogP contribution < -0.4 is 0 Å². The van der Waals surface area contributed by atoms with E-state index >= 15 is 0 Å². The number of carboxylic acids is 1. The van der Waals surface area contributed by atoms with Gasteiger partial charge in [0.2, 0.25) is 0 Å². The van der Waals surface area contributed by atoms with E-state index in [2.05, 4.69) is 0 Å². The van der Waals surface area contributed by atoms with E-state index in [0.717, 1.165) is 5.56 Å². The van der Waals surface area contributed by atoms with E-state index in [0.29, 0.717) is 0 Å². The minimum absolute atomic E-state index is 0.0121. The lowest BCUT2D eigenvalue weighted by Gasteiger charge is -2.08. The average molecular weight is 300 g/mol. The van der Waals surface area contributed by atoms with E-state index < -0.39 is 16.1 Å². The van der Waals surface area contributed by atoms with Crippen LogP contribution in [-0.4, -0.2) is 31.0 Å². The minimum Gasteiger partial charge on any atom is -0.478 e. The van der Waals surface area contributed by atoms with E-state index in [4.69, 9.17) is 9.29 Å². The molecule has 102 valence electrons. The molecule has 1 aromatic rings. The molecule has 7 heteroatoms. The molecule has 0 saturated carbocycles. The minimum atomic E-state index is -3.96. The van der Waals surface area contributed by atoms with Gasteiger partial charge in [0.25, 0.3) is 0 Å². The van der Waals surface area contributed by atoms with Crippen molar-refractivity contribution in [1.82, 2.24) is 0 Å². The van der Waals surface area contributed by atoms with Crippen LogP contribution in [0.15, 0.2) is 40.5 Å². The highest BCUT2D eigenvalue weighted by molar-refractivity contribution is 8.00. The quantitative estimate of drug-likeness (QED) is 0.854. The third-order valence-electron chi connectivity index (χ3n) is 2.59. The highest BCUT2D eigenvalue weighted by atomic mass is 32.2. The molecule has 0 aliphatic carbocycles. The molecule has 19 heavy (non-hydrogen) atoms. The van der Waals surface area contributed by atoms with Crippen molar-refractivity contribution in [2.24, 2.45) is 0 Å². The van der Waals surface area contributed by atoms with Gasteiger partial charge in [0, 0.05) is 5.75 Å². The van der Waals surface area contributed by atoms with Crippen LogP contribution in [-0.2, 0) is 19.1 Å². The molecule has 0 saturated heterocycles.